The second-order valence-corrected chi connectivity index (χ2v) is 5.29. The summed E-state index contributed by atoms with van der Waals surface area (Å²) in [5, 5.41) is 3.42. The fourth-order valence-electron chi connectivity index (χ4n) is 1.54. The zero-order valence-corrected chi connectivity index (χ0v) is 11.9. The standard InChI is InChI=1S/C13H21BrN2/c1-11(2)15-8-9-16(3)10-12-6-4-5-7-13(12)14/h4-7,11,15H,8-10H2,1-3H3. The van der Waals surface area contributed by atoms with Crippen LogP contribution >= 0.6 is 15.9 Å². The number of likely N-dealkylation sites (N-methyl/N-ethyl adjacent to an activating group) is 1. The summed E-state index contributed by atoms with van der Waals surface area (Å²) in [6.45, 7) is 7.45. The molecule has 0 radical (unpaired) electrons. The third-order valence-corrected chi connectivity index (χ3v) is 3.22. The van der Waals surface area contributed by atoms with Gasteiger partial charge in [-0.3, -0.25) is 0 Å². The molecule has 1 aromatic carbocycles. The van der Waals surface area contributed by atoms with Gasteiger partial charge >= 0.3 is 0 Å². The molecule has 0 bridgehead atoms. The molecule has 1 aromatic rings. The Morgan fingerprint density at radius 3 is 2.62 bits per heavy atom. The third kappa shape index (κ3) is 5.10. The van der Waals surface area contributed by atoms with Crippen LogP contribution in [0, 0.1) is 0 Å². The summed E-state index contributed by atoms with van der Waals surface area (Å²) in [7, 11) is 2.15. The smallest absolute Gasteiger partial charge is 0.0242 e. The molecule has 0 aliphatic rings. The summed E-state index contributed by atoms with van der Waals surface area (Å²) >= 11 is 3.57. The van der Waals surface area contributed by atoms with Crippen LogP contribution in [0.3, 0.4) is 0 Å². The molecule has 1 rings (SSSR count). The number of nitrogens with zero attached hydrogens (tertiary/aromatic N) is 1. The summed E-state index contributed by atoms with van der Waals surface area (Å²) in [5.41, 5.74) is 1.34. The van der Waals surface area contributed by atoms with Crippen molar-refractivity contribution < 1.29 is 0 Å². The Balaban J connectivity index is 2.34. The minimum atomic E-state index is 0.567. The van der Waals surface area contributed by atoms with Gasteiger partial charge in [0.25, 0.3) is 0 Å². The zero-order chi connectivity index (χ0) is 12.0. The van der Waals surface area contributed by atoms with Gasteiger partial charge in [-0.2, -0.15) is 0 Å². The summed E-state index contributed by atoms with van der Waals surface area (Å²) in [4.78, 5) is 2.33. The van der Waals surface area contributed by atoms with Gasteiger partial charge in [0.1, 0.15) is 0 Å². The van der Waals surface area contributed by atoms with E-state index >= 15 is 0 Å². The fourth-order valence-corrected chi connectivity index (χ4v) is 1.95. The maximum atomic E-state index is 3.57. The lowest BCUT2D eigenvalue weighted by molar-refractivity contribution is 0.319. The molecule has 0 heterocycles. The van der Waals surface area contributed by atoms with Crippen LogP contribution in [0.4, 0.5) is 0 Å². The van der Waals surface area contributed by atoms with E-state index in [1.165, 1.54) is 10.0 Å². The summed E-state index contributed by atoms with van der Waals surface area (Å²) in [6, 6.07) is 8.96. The quantitative estimate of drug-likeness (QED) is 0.864. The van der Waals surface area contributed by atoms with E-state index in [1.54, 1.807) is 0 Å². The Labute approximate surface area is 107 Å². The molecular formula is C13H21BrN2. The average molecular weight is 285 g/mol. The highest BCUT2D eigenvalue weighted by Crippen LogP contribution is 2.16. The van der Waals surface area contributed by atoms with Crippen LogP contribution in [-0.2, 0) is 6.54 Å². The van der Waals surface area contributed by atoms with Crippen molar-refractivity contribution in [1.29, 1.82) is 0 Å². The monoisotopic (exact) mass is 284 g/mol. The first-order valence-corrected chi connectivity index (χ1v) is 6.54. The number of benzene rings is 1. The van der Waals surface area contributed by atoms with Gasteiger partial charge in [-0.1, -0.05) is 48.0 Å². The Morgan fingerprint density at radius 1 is 1.31 bits per heavy atom. The number of hydrogen-bond acceptors (Lipinski definition) is 2. The second-order valence-electron chi connectivity index (χ2n) is 4.44. The molecule has 0 saturated heterocycles. The Kier molecular flexibility index (Phi) is 6.03. The predicted octanol–water partition coefficient (Wildman–Crippen LogP) is 2.88. The maximum absolute atomic E-state index is 3.57. The molecule has 90 valence electrons. The second kappa shape index (κ2) is 7.05. The van der Waals surface area contributed by atoms with Crippen LogP contribution in [0.1, 0.15) is 19.4 Å². The SMILES string of the molecule is CC(C)NCCN(C)Cc1ccccc1Br. The first-order valence-electron chi connectivity index (χ1n) is 5.75. The van der Waals surface area contributed by atoms with Crippen LogP contribution in [0.15, 0.2) is 28.7 Å². The van der Waals surface area contributed by atoms with Gasteiger partial charge in [0, 0.05) is 30.1 Å². The topological polar surface area (TPSA) is 15.3 Å². The van der Waals surface area contributed by atoms with Crippen LogP contribution in [0.25, 0.3) is 0 Å². The molecule has 0 aliphatic heterocycles. The lowest BCUT2D eigenvalue weighted by atomic mass is 10.2. The van der Waals surface area contributed by atoms with Gasteiger partial charge in [-0.15, -0.1) is 0 Å². The van der Waals surface area contributed by atoms with Gasteiger partial charge in [0.05, 0.1) is 0 Å². The van der Waals surface area contributed by atoms with E-state index in [1.807, 2.05) is 6.07 Å². The molecular weight excluding hydrogens is 264 g/mol. The highest BCUT2D eigenvalue weighted by molar-refractivity contribution is 9.10. The van der Waals surface area contributed by atoms with Crippen molar-refractivity contribution in [2.75, 3.05) is 20.1 Å². The highest BCUT2D eigenvalue weighted by atomic mass is 79.9. The molecule has 0 fully saturated rings. The van der Waals surface area contributed by atoms with Crippen molar-refractivity contribution in [3.63, 3.8) is 0 Å². The van der Waals surface area contributed by atoms with Crippen molar-refractivity contribution in [2.45, 2.75) is 26.4 Å². The lowest BCUT2D eigenvalue weighted by Gasteiger charge is -2.18. The largest absolute Gasteiger partial charge is 0.313 e. The van der Waals surface area contributed by atoms with Gasteiger partial charge in [0.15, 0.2) is 0 Å². The molecule has 0 aliphatic carbocycles. The van der Waals surface area contributed by atoms with E-state index in [-0.39, 0.29) is 0 Å². The van der Waals surface area contributed by atoms with Gasteiger partial charge in [-0.25, -0.2) is 0 Å². The van der Waals surface area contributed by atoms with Crippen molar-refractivity contribution >= 4 is 15.9 Å². The Hall–Kier alpha value is -0.380. The molecule has 0 saturated carbocycles. The zero-order valence-electron chi connectivity index (χ0n) is 10.3. The Morgan fingerprint density at radius 2 is 2.00 bits per heavy atom. The fraction of sp³-hybridized carbons (Fsp3) is 0.538. The minimum absolute atomic E-state index is 0.567. The molecule has 3 heteroatoms. The number of nitrogens with one attached hydrogen (secondary N) is 1. The van der Waals surface area contributed by atoms with Crippen molar-refractivity contribution in [2.24, 2.45) is 0 Å². The maximum Gasteiger partial charge on any atom is 0.0242 e. The molecule has 0 unspecified atom stereocenters. The molecule has 0 spiro atoms. The minimum Gasteiger partial charge on any atom is -0.313 e. The van der Waals surface area contributed by atoms with E-state index < -0.39 is 0 Å². The molecule has 0 atom stereocenters. The lowest BCUT2D eigenvalue weighted by Crippen LogP contribution is -2.32. The normalized spacial score (nSPS) is 11.4. The molecule has 2 nitrogen and oxygen atoms in total. The van der Waals surface area contributed by atoms with Gasteiger partial charge < -0.3 is 10.2 Å². The van der Waals surface area contributed by atoms with Crippen molar-refractivity contribution in [1.82, 2.24) is 10.2 Å². The molecule has 0 aromatic heterocycles. The van der Waals surface area contributed by atoms with Crippen molar-refractivity contribution in [3.8, 4) is 0 Å². The van der Waals surface area contributed by atoms with Crippen LogP contribution in [-0.4, -0.2) is 31.1 Å². The van der Waals surface area contributed by atoms with Crippen molar-refractivity contribution in [3.05, 3.63) is 34.3 Å². The van der Waals surface area contributed by atoms with Gasteiger partial charge in [-0.05, 0) is 18.7 Å². The number of rotatable bonds is 6. The third-order valence-electron chi connectivity index (χ3n) is 2.44. The van der Waals surface area contributed by atoms with Crippen LogP contribution in [0.2, 0.25) is 0 Å². The van der Waals surface area contributed by atoms with E-state index in [4.69, 9.17) is 0 Å². The summed E-state index contributed by atoms with van der Waals surface area (Å²) in [5.74, 6) is 0. The highest BCUT2D eigenvalue weighted by Gasteiger charge is 2.03. The van der Waals surface area contributed by atoms with E-state index in [2.05, 4.69) is 65.2 Å². The van der Waals surface area contributed by atoms with E-state index in [0.717, 1.165) is 19.6 Å². The predicted molar refractivity (Wildman–Crippen MR) is 73.6 cm³/mol. The Bertz CT molecular complexity index is 313. The van der Waals surface area contributed by atoms with Crippen LogP contribution < -0.4 is 5.32 Å². The first-order chi connectivity index (χ1) is 7.59. The van der Waals surface area contributed by atoms with Gasteiger partial charge in [0.2, 0.25) is 0 Å². The average Bonchev–Trinajstić information content (AvgIpc) is 2.21. The van der Waals surface area contributed by atoms with Crippen LogP contribution in [0.5, 0.6) is 0 Å². The first kappa shape index (κ1) is 13.7. The number of halogens is 1. The molecule has 16 heavy (non-hydrogen) atoms. The summed E-state index contributed by atoms with van der Waals surface area (Å²) in [6.07, 6.45) is 0. The number of hydrogen-bond donors (Lipinski definition) is 1. The van der Waals surface area contributed by atoms with E-state index in [9.17, 15) is 0 Å². The summed E-state index contributed by atoms with van der Waals surface area (Å²) < 4.78 is 1.19. The van der Waals surface area contributed by atoms with E-state index in [0.29, 0.717) is 6.04 Å². The molecule has 1 N–H and O–H groups in total. The molecule has 0 amide bonds.